The van der Waals surface area contributed by atoms with Gasteiger partial charge in [-0.2, -0.15) is 0 Å². The number of terminal acetylenes is 1. The van der Waals surface area contributed by atoms with Crippen molar-refractivity contribution in [3.8, 4) is 12.3 Å². The Labute approximate surface area is 139 Å². The summed E-state index contributed by atoms with van der Waals surface area (Å²) in [5, 5.41) is 20.9. The maximum atomic E-state index is 11.0. The Kier molecular flexibility index (Phi) is 3.11. The zero-order valence-electron chi connectivity index (χ0n) is 14.3. The molecule has 0 aromatic heterocycles. The summed E-state index contributed by atoms with van der Waals surface area (Å²) in [5.41, 5.74) is 0.486. The van der Waals surface area contributed by atoms with Gasteiger partial charge in [-0.3, -0.25) is 0 Å². The van der Waals surface area contributed by atoms with E-state index in [0.717, 1.165) is 44.9 Å². The minimum Gasteiger partial charge on any atom is -0.512 e. The topological polar surface area (TPSA) is 40.5 Å². The van der Waals surface area contributed by atoms with Gasteiger partial charge in [0.1, 0.15) is 5.60 Å². The van der Waals surface area contributed by atoms with Gasteiger partial charge in [0.05, 0.1) is 5.76 Å². The zero-order valence-corrected chi connectivity index (χ0v) is 14.3. The summed E-state index contributed by atoms with van der Waals surface area (Å²) in [7, 11) is 0. The van der Waals surface area contributed by atoms with Gasteiger partial charge in [0.15, 0.2) is 0 Å². The molecule has 0 unspecified atom stereocenters. The first-order valence-electron chi connectivity index (χ1n) is 9.14. The van der Waals surface area contributed by atoms with E-state index in [1.165, 1.54) is 5.57 Å². The zero-order chi connectivity index (χ0) is 16.5. The molecule has 2 fully saturated rings. The molecular formula is C21H28O2. The molecule has 0 aliphatic heterocycles. The van der Waals surface area contributed by atoms with Crippen molar-refractivity contribution in [3.63, 3.8) is 0 Å². The second-order valence-electron chi connectivity index (χ2n) is 8.82. The lowest BCUT2D eigenvalue weighted by Crippen LogP contribution is -2.53. The molecule has 6 atom stereocenters. The van der Waals surface area contributed by atoms with Gasteiger partial charge in [0.2, 0.25) is 0 Å². The van der Waals surface area contributed by atoms with Crippen molar-refractivity contribution in [3.05, 3.63) is 23.5 Å². The van der Waals surface area contributed by atoms with Crippen LogP contribution in [0.15, 0.2) is 23.5 Å². The molecule has 2 heteroatoms. The predicted molar refractivity (Wildman–Crippen MR) is 91.6 cm³/mol. The molecule has 2 nitrogen and oxygen atoms in total. The summed E-state index contributed by atoms with van der Waals surface area (Å²) in [6.45, 7) is 4.62. The molecule has 0 amide bonds. The standard InChI is InChI=1S/C21H28O2/c1-4-21(23)12-9-18-16-6-5-14-13-15(22)7-10-19(14,2)17(16)8-11-20(18,21)3/h1,5,13,16-18,22-23H,6-12H2,2-3H3/t16-,17+,18+,19+,20+,21-/m1/s1. The van der Waals surface area contributed by atoms with Crippen LogP contribution in [0.2, 0.25) is 0 Å². The van der Waals surface area contributed by atoms with E-state index in [2.05, 4.69) is 25.8 Å². The van der Waals surface area contributed by atoms with Crippen LogP contribution in [0.25, 0.3) is 0 Å². The Morgan fingerprint density at radius 2 is 1.91 bits per heavy atom. The van der Waals surface area contributed by atoms with Crippen molar-refractivity contribution in [2.75, 3.05) is 0 Å². The quantitative estimate of drug-likeness (QED) is 0.652. The highest BCUT2D eigenvalue weighted by Gasteiger charge is 2.63. The van der Waals surface area contributed by atoms with Crippen molar-refractivity contribution >= 4 is 0 Å². The molecule has 2 N–H and O–H groups in total. The molecule has 23 heavy (non-hydrogen) atoms. The van der Waals surface area contributed by atoms with Crippen LogP contribution in [0, 0.1) is 40.9 Å². The third-order valence-corrected chi connectivity index (χ3v) is 8.14. The maximum absolute atomic E-state index is 11.0. The molecule has 0 radical (unpaired) electrons. The average molecular weight is 312 g/mol. The van der Waals surface area contributed by atoms with Crippen LogP contribution < -0.4 is 0 Å². The monoisotopic (exact) mass is 312 g/mol. The van der Waals surface area contributed by atoms with E-state index < -0.39 is 5.60 Å². The first-order valence-corrected chi connectivity index (χ1v) is 9.14. The van der Waals surface area contributed by atoms with Crippen LogP contribution in [0.4, 0.5) is 0 Å². The number of fused-ring (bicyclic) bond motifs is 5. The lowest BCUT2D eigenvalue weighted by Gasteiger charge is -2.57. The van der Waals surface area contributed by atoms with E-state index >= 15 is 0 Å². The first kappa shape index (κ1) is 15.3. The van der Waals surface area contributed by atoms with Crippen molar-refractivity contribution in [2.24, 2.45) is 28.6 Å². The molecule has 0 heterocycles. The lowest BCUT2D eigenvalue weighted by atomic mass is 9.47. The summed E-state index contributed by atoms with van der Waals surface area (Å²) >= 11 is 0. The highest BCUT2D eigenvalue weighted by molar-refractivity contribution is 5.36. The van der Waals surface area contributed by atoms with Gasteiger partial charge in [-0.1, -0.05) is 25.8 Å². The van der Waals surface area contributed by atoms with E-state index in [4.69, 9.17) is 6.42 Å². The minimum absolute atomic E-state index is 0.128. The van der Waals surface area contributed by atoms with Gasteiger partial charge in [-0.25, -0.2) is 0 Å². The minimum atomic E-state index is -0.918. The van der Waals surface area contributed by atoms with E-state index in [-0.39, 0.29) is 10.8 Å². The molecule has 0 bridgehead atoms. The fourth-order valence-electron chi connectivity index (χ4n) is 6.56. The maximum Gasteiger partial charge on any atom is 0.130 e. The highest BCUT2D eigenvalue weighted by Crippen LogP contribution is 2.66. The van der Waals surface area contributed by atoms with Crippen LogP contribution in [0.1, 0.15) is 58.8 Å². The van der Waals surface area contributed by atoms with E-state index in [1.807, 2.05) is 6.08 Å². The number of hydrogen-bond donors (Lipinski definition) is 2. The van der Waals surface area contributed by atoms with E-state index in [0.29, 0.717) is 23.5 Å². The summed E-state index contributed by atoms with van der Waals surface area (Å²) in [5.74, 6) is 5.09. The molecule has 4 rings (SSSR count). The Hall–Kier alpha value is -1.20. The first-order chi connectivity index (χ1) is 10.8. The molecule has 0 spiro atoms. The Morgan fingerprint density at radius 3 is 2.65 bits per heavy atom. The van der Waals surface area contributed by atoms with Crippen molar-refractivity contribution in [1.29, 1.82) is 0 Å². The van der Waals surface area contributed by atoms with Crippen LogP contribution in [0.5, 0.6) is 0 Å². The normalized spacial score (nSPS) is 51.7. The van der Waals surface area contributed by atoms with E-state index in [9.17, 15) is 10.2 Å². The second-order valence-corrected chi connectivity index (χ2v) is 8.82. The molecule has 0 aromatic carbocycles. The molecule has 124 valence electrons. The van der Waals surface area contributed by atoms with Crippen LogP contribution in [-0.2, 0) is 0 Å². The van der Waals surface area contributed by atoms with Gasteiger partial charge >= 0.3 is 0 Å². The Bertz CT molecular complexity index is 639. The largest absolute Gasteiger partial charge is 0.512 e. The van der Waals surface area contributed by atoms with Gasteiger partial charge in [-0.05, 0) is 73.3 Å². The fourth-order valence-corrected chi connectivity index (χ4v) is 6.56. The average Bonchev–Trinajstić information content (AvgIpc) is 2.80. The number of allylic oxidation sites excluding steroid dienone is 4. The summed E-state index contributed by atoms with van der Waals surface area (Å²) in [4.78, 5) is 0. The molecule has 4 aliphatic rings. The predicted octanol–water partition coefficient (Wildman–Crippen LogP) is 4.37. The van der Waals surface area contributed by atoms with E-state index in [1.54, 1.807) is 0 Å². The van der Waals surface area contributed by atoms with Crippen molar-refractivity contribution in [2.45, 2.75) is 64.4 Å². The van der Waals surface area contributed by atoms with Gasteiger partial charge in [0, 0.05) is 11.8 Å². The number of rotatable bonds is 0. The Balaban J connectivity index is 1.73. The van der Waals surface area contributed by atoms with Gasteiger partial charge in [0.25, 0.3) is 0 Å². The summed E-state index contributed by atoms with van der Waals surface area (Å²) in [6, 6.07) is 0. The van der Waals surface area contributed by atoms with Crippen molar-refractivity contribution < 1.29 is 10.2 Å². The molecule has 2 saturated carbocycles. The molecule has 0 aromatic rings. The van der Waals surface area contributed by atoms with Crippen LogP contribution in [-0.4, -0.2) is 15.8 Å². The SMILES string of the molecule is C#C[C@@]1(O)CC[C@H]2[C@@H]3CC=C4C=C(O)CC[C@]4(C)[C@H]3CC[C@@]21C. The second kappa shape index (κ2) is 4.67. The highest BCUT2D eigenvalue weighted by atomic mass is 16.3. The molecule has 0 saturated heterocycles. The van der Waals surface area contributed by atoms with Crippen LogP contribution in [0.3, 0.4) is 0 Å². The van der Waals surface area contributed by atoms with Gasteiger partial charge < -0.3 is 10.2 Å². The fraction of sp³-hybridized carbons (Fsp3) is 0.714. The third kappa shape index (κ3) is 1.81. The van der Waals surface area contributed by atoms with Crippen molar-refractivity contribution in [1.82, 2.24) is 0 Å². The number of aliphatic hydroxyl groups is 2. The lowest BCUT2D eigenvalue weighted by molar-refractivity contribution is -0.0922. The number of aliphatic hydroxyl groups excluding tert-OH is 1. The smallest absolute Gasteiger partial charge is 0.130 e. The Morgan fingerprint density at radius 1 is 1.17 bits per heavy atom. The third-order valence-electron chi connectivity index (χ3n) is 8.14. The summed E-state index contributed by atoms with van der Waals surface area (Å²) < 4.78 is 0. The molecule has 4 aliphatic carbocycles. The molecular weight excluding hydrogens is 284 g/mol. The van der Waals surface area contributed by atoms with Crippen LogP contribution >= 0.6 is 0 Å². The number of hydrogen-bond acceptors (Lipinski definition) is 2. The van der Waals surface area contributed by atoms with Gasteiger partial charge in [-0.15, -0.1) is 6.42 Å². The summed E-state index contributed by atoms with van der Waals surface area (Å²) in [6.07, 6.45) is 17.0.